The molecule has 35 heavy (non-hydrogen) atoms. The zero-order valence-electron chi connectivity index (χ0n) is 19.5. The largest absolute Gasteiger partial charge is 0.490 e. The molecule has 0 aliphatic heterocycles. The van der Waals surface area contributed by atoms with Crippen molar-refractivity contribution < 1.29 is 38.1 Å². The summed E-state index contributed by atoms with van der Waals surface area (Å²) in [6, 6.07) is 12.0. The molecule has 11 heteroatoms. The van der Waals surface area contributed by atoms with E-state index in [1.165, 1.54) is 26.0 Å². The Balaban J connectivity index is 2.27. The Kier molecular flexibility index (Phi) is 8.48. The highest BCUT2D eigenvalue weighted by Gasteiger charge is 2.32. The van der Waals surface area contributed by atoms with Gasteiger partial charge in [-0.2, -0.15) is 5.10 Å². The van der Waals surface area contributed by atoms with Gasteiger partial charge in [0.15, 0.2) is 23.8 Å². The summed E-state index contributed by atoms with van der Waals surface area (Å²) in [5.74, 6) is -1.56. The van der Waals surface area contributed by atoms with Crippen molar-refractivity contribution in [1.29, 1.82) is 0 Å². The highest BCUT2D eigenvalue weighted by atomic mass is 79.9. The molecule has 0 radical (unpaired) electrons. The average molecular weight is 547 g/mol. The number of rotatable bonds is 9. The fraction of sp³-hybridized carbons (Fsp3) is 0.250. The smallest absolute Gasteiger partial charge is 0.357 e. The van der Waals surface area contributed by atoms with Gasteiger partial charge in [0.2, 0.25) is 0 Å². The third-order valence-electron chi connectivity index (χ3n) is 4.82. The summed E-state index contributed by atoms with van der Waals surface area (Å²) in [6.07, 6.45) is 0. The van der Waals surface area contributed by atoms with Crippen LogP contribution >= 0.6 is 15.9 Å². The minimum atomic E-state index is -0.779. The predicted octanol–water partition coefficient (Wildman–Crippen LogP) is 3.83. The topological polar surface area (TPSA) is 115 Å². The quantitative estimate of drug-likeness (QED) is 0.291. The Morgan fingerprint density at radius 3 is 2.17 bits per heavy atom. The second kappa shape index (κ2) is 11.5. The van der Waals surface area contributed by atoms with Gasteiger partial charge in [-0.3, -0.25) is 0 Å². The van der Waals surface area contributed by atoms with E-state index in [4.69, 9.17) is 18.9 Å². The van der Waals surface area contributed by atoms with Gasteiger partial charge in [0, 0.05) is 10.0 Å². The zero-order chi connectivity index (χ0) is 25.5. The van der Waals surface area contributed by atoms with Crippen molar-refractivity contribution in [3.05, 3.63) is 58.2 Å². The first-order chi connectivity index (χ1) is 16.9. The number of nitrogens with zero attached hydrogens (tertiary/aromatic N) is 2. The third-order valence-corrected chi connectivity index (χ3v) is 5.47. The molecule has 0 bridgehead atoms. The van der Waals surface area contributed by atoms with E-state index >= 15 is 0 Å². The van der Waals surface area contributed by atoms with Crippen molar-refractivity contribution >= 4 is 33.8 Å². The molecule has 0 atom stereocenters. The van der Waals surface area contributed by atoms with Crippen LogP contribution in [0.2, 0.25) is 0 Å². The molecular formula is C24H23BrN2O8. The molecule has 3 aromatic rings. The molecular weight excluding hydrogens is 524 g/mol. The Hall–Kier alpha value is -3.86. The molecule has 1 aromatic heterocycles. The van der Waals surface area contributed by atoms with Crippen LogP contribution in [0, 0.1) is 0 Å². The van der Waals surface area contributed by atoms with Gasteiger partial charge < -0.3 is 23.7 Å². The van der Waals surface area contributed by atoms with Gasteiger partial charge >= 0.3 is 17.9 Å². The number of hydrogen-bond donors (Lipinski definition) is 0. The summed E-state index contributed by atoms with van der Waals surface area (Å²) < 4.78 is 27.6. The number of ether oxygens (including phenoxy) is 5. The molecule has 0 aliphatic rings. The third kappa shape index (κ3) is 5.46. The Morgan fingerprint density at radius 1 is 0.914 bits per heavy atom. The first-order valence-electron chi connectivity index (χ1n) is 10.4. The van der Waals surface area contributed by atoms with Gasteiger partial charge in [0.25, 0.3) is 0 Å². The number of carbonyl (C=O) groups is 3. The minimum absolute atomic E-state index is 0.0884. The molecule has 0 aliphatic carbocycles. The maximum absolute atomic E-state index is 12.9. The number of benzene rings is 2. The Bertz CT molecular complexity index is 1240. The van der Waals surface area contributed by atoms with Crippen LogP contribution in [0.1, 0.15) is 27.8 Å². The molecule has 0 fully saturated rings. The Labute approximate surface area is 209 Å². The average Bonchev–Trinajstić information content (AvgIpc) is 3.28. The van der Waals surface area contributed by atoms with Crippen molar-refractivity contribution in [2.24, 2.45) is 0 Å². The van der Waals surface area contributed by atoms with E-state index in [9.17, 15) is 14.4 Å². The van der Waals surface area contributed by atoms with E-state index in [1.807, 2.05) is 6.07 Å². The van der Waals surface area contributed by atoms with Crippen LogP contribution in [-0.2, 0) is 19.0 Å². The molecule has 0 saturated carbocycles. The van der Waals surface area contributed by atoms with Gasteiger partial charge in [0.05, 0.1) is 33.6 Å². The lowest BCUT2D eigenvalue weighted by molar-refractivity contribution is -0.142. The minimum Gasteiger partial charge on any atom is -0.490 e. The van der Waals surface area contributed by atoms with Crippen molar-refractivity contribution in [2.75, 3.05) is 34.5 Å². The molecule has 0 unspecified atom stereocenters. The number of carbonyl (C=O) groups excluding carboxylic acids is 3. The monoisotopic (exact) mass is 546 g/mol. The van der Waals surface area contributed by atoms with E-state index in [1.54, 1.807) is 43.3 Å². The molecule has 10 nitrogen and oxygen atoms in total. The molecule has 0 spiro atoms. The lowest BCUT2D eigenvalue weighted by Gasteiger charge is -2.14. The summed E-state index contributed by atoms with van der Waals surface area (Å²) in [5.41, 5.74) is 0.905. The highest BCUT2D eigenvalue weighted by Crippen LogP contribution is 2.41. The molecule has 0 saturated heterocycles. The second-order valence-corrected chi connectivity index (χ2v) is 7.73. The molecule has 2 aromatic carbocycles. The van der Waals surface area contributed by atoms with Gasteiger partial charge in [-0.25, -0.2) is 19.1 Å². The summed E-state index contributed by atoms with van der Waals surface area (Å²) in [5, 5.41) is 4.58. The molecule has 0 amide bonds. The number of methoxy groups -OCH3 is 3. The van der Waals surface area contributed by atoms with Crippen molar-refractivity contribution in [3.63, 3.8) is 0 Å². The van der Waals surface area contributed by atoms with Crippen LogP contribution < -0.4 is 9.47 Å². The molecule has 0 N–H and O–H groups in total. The van der Waals surface area contributed by atoms with E-state index in [0.717, 1.165) is 0 Å². The van der Waals surface area contributed by atoms with Gasteiger partial charge in [-0.15, -0.1) is 0 Å². The highest BCUT2D eigenvalue weighted by molar-refractivity contribution is 9.10. The standard InChI is InChI=1S/C24H23BrN2O8/c1-5-34-17-11-15(16(25)12-18(17)35-13-19(28)31-2)21-20(23(29)32-3)22(24(30)33-4)27(26-21)14-9-7-6-8-10-14/h6-12H,5,13H2,1-4H3. The Morgan fingerprint density at radius 2 is 1.57 bits per heavy atom. The zero-order valence-corrected chi connectivity index (χ0v) is 21.1. The first-order valence-corrected chi connectivity index (χ1v) is 11.2. The van der Waals surface area contributed by atoms with Crippen LogP contribution in [0.3, 0.4) is 0 Å². The van der Waals surface area contributed by atoms with Crippen molar-refractivity contribution in [1.82, 2.24) is 9.78 Å². The van der Waals surface area contributed by atoms with E-state index in [0.29, 0.717) is 28.1 Å². The van der Waals surface area contributed by atoms with E-state index in [-0.39, 0.29) is 29.3 Å². The van der Waals surface area contributed by atoms with Crippen LogP contribution in [0.15, 0.2) is 46.9 Å². The van der Waals surface area contributed by atoms with Crippen molar-refractivity contribution in [3.8, 4) is 28.4 Å². The molecule has 184 valence electrons. The molecule has 3 rings (SSSR count). The van der Waals surface area contributed by atoms with Crippen LogP contribution in [-0.4, -0.2) is 62.2 Å². The fourth-order valence-electron chi connectivity index (χ4n) is 3.24. The summed E-state index contributed by atoms with van der Waals surface area (Å²) in [4.78, 5) is 37.2. The van der Waals surface area contributed by atoms with Crippen LogP contribution in [0.4, 0.5) is 0 Å². The van der Waals surface area contributed by atoms with Gasteiger partial charge in [-0.1, -0.05) is 18.2 Å². The van der Waals surface area contributed by atoms with Gasteiger partial charge in [0.1, 0.15) is 11.3 Å². The van der Waals surface area contributed by atoms with E-state index < -0.39 is 17.9 Å². The fourth-order valence-corrected chi connectivity index (χ4v) is 3.75. The number of para-hydroxylation sites is 1. The van der Waals surface area contributed by atoms with Gasteiger partial charge in [-0.05, 0) is 47.1 Å². The molecule has 1 heterocycles. The summed E-state index contributed by atoms with van der Waals surface area (Å²) in [6.45, 7) is 1.75. The number of esters is 3. The van der Waals surface area contributed by atoms with Crippen LogP contribution in [0.25, 0.3) is 16.9 Å². The van der Waals surface area contributed by atoms with E-state index in [2.05, 4.69) is 25.8 Å². The lowest BCUT2D eigenvalue weighted by Crippen LogP contribution is -2.15. The van der Waals surface area contributed by atoms with Crippen molar-refractivity contribution in [2.45, 2.75) is 6.92 Å². The lowest BCUT2D eigenvalue weighted by atomic mass is 10.0. The SMILES string of the molecule is CCOc1cc(-c2nn(-c3ccccc3)c(C(=O)OC)c2C(=O)OC)c(Br)cc1OCC(=O)OC. The maximum Gasteiger partial charge on any atom is 0.357 e. The number of halogens is 1. The summed E-state index contributed by atoms with van der Waals surface area (Å²) in [7, 11) is 3.67. The van der Waals surface area contributed by atoms with Crippen LogP contribution in [0.5, 0.6) is 11.5 Å². The second-order valence-electron chi connectivity index (χ2n) is 6.88. The maximum atomic E-state index is 12.9. The normalized spacial score (nSPS) is 10.4. The number of hydrogen-bond acceptors (Lipinski definition) is 9. The predicted molar refractivity (Wildman–Crippen MR) is 128 cm³/mol. The first kappa shape index (κ1) is 25.8. The summed E-state index contributed by atoms with van der Waals surface area (Å²) >= 11 is 3.47. The number of aromatic nitrogens is 2.